The summed E-state index contributed by atoms with van der Waals surface area (Å²) in [4.78, 5) is 22.0. The Kier molecular flexibility index (Phi) is 3.42. The Morgan fingerprint density at radius 3 is 2.71 bits per heavy atom. The summed E-state index contributed by atoms with van der Waals surface area (Å²) in [7, 11) is 0. The summed E-state index contributed by atoms with van der Waals surface area (Å²) in [6, 6.07) is 4.39. The summed E-state index contributed by atoms with van der Waals surface area (Å²) in [5.74, 6) is -0.259. The highest BCUT2D eigenvalue weighted by Gasteiger charge is 2.22. The number of amides is 1. The number of hydrogen-bond acceptors (Lipinski definition) is 3. The van der Waals surface area contributed by atoms with Crippen molar-refractivity contribution in [1.29, 1.82) is 0 Å². The van der Waals surface area contributed by atoms with Gasteiger partial charge in [-0.3, -0.25) is 14.9 Å². The molecule has 0 unspecified atom stereocenters. The van der Waals surface area contributed by atoms with E-state index >= 15 is 0 Å². The Hall–Kier alpha value is -1.43. The zero-order valence-corrected chi connectivity index (χ0v) is 10.6. The zero-order valence-electron chi connectivity index (χ0n) is 8.98. The molecule has 0 radical (unpaired) electrons. The van der Waals surface area contributed by atoms with Gasteiger partial charge in [-0.2, -0.15) is 0 Å². The molecule has 0 heterocycles. The van der Waals surface area contributed by atoms with Crippen molar-refractivity contribution in [2.24, 2.45) is 0 Å². The molecule has 0 saturated heterocycles. The molecular formula is C11H11BrN2O3. The Balaban J connectivity index is 2.20. The summed E-state index contributed by atoms with van der Waals surface area (Å²) in [5, 5.41) is 13.5. The molecule has 1 fully saturated rings. The van der Waals surface area contributed by atoms with Gasteiger partial charge in [0.1, 0.15) is 0 Å². The first-order chi connectivity index (χ1) is 8.08. The number of nitrogens with zero attached hydrogens (tertiary/aromatic N) is 1. The normalized spacial score (nSPS) is 15.1. The van der Waals surface area contributed by atoms with Crippen LogP contribution in [0, 0.1) is 10.1 Å². The van der Waals surface area contributed by atoms with E-state index < -0.39 is 4.92 Å². The number of benzene rings is 1. The molecule has 1 aromatic carbocycles. The highest BCUT2D eigenvalue weighted by atomic mass is 79.9. The first-order valence-electron chi connectivity index (χ1n) is 5.33. The quantitative estimate of drug-likeness (QED) is 0.689. The fourth-order valence-electron chi connectivity index (χ4n) is 1.62. The van der Waals surface area contributed by atoms with Gasteiger partial charge >= 0.3 is 0 Å². The number of rotatable bonds is 3. The van der Waals surface area contributed by atoms with Gasteiger partial charge in [0.05, 0.1) is 10.5 Å². The summed E-state index contributed by atoms with van der Waals surface area (Å²) in [6.07, 6.45) is 3.09. The van der Waals surface area contributed by atoms with Gasteiger partial charge in [-0.15, -0.1) is 0 Å². The molecule has 1 saturated carbocycles. The molecule has 1 aliphatic carbocycles. The molecule has 0 aromatic heterocycles. The third kappa shape index (κ3) is 2.63. The van der Waals surface area contributed by atoms with E-state index in [4.69, 9.17) is 0 Å². The Bertz CT molecular complexity index is 472. The maximum Gasteiger partial charge on any atom is 0.270 e. The molecule has 17 heavy (non-hydrogen) atoms. The van der Waals surface area contributed by atoms with Crippen molar-refractivity contribution in [1.82, 2.24) is 5.32 Å². The first-order valence-corrected chi connectivity index (χ1v) is 6.12. The van der Waals surface area contributed by atoms with Crippen LogP contribution in [0.15, 0.2) is 22.7 Å². The fraction of sp³-hybridized carbons (Fsp3) is 0.364. The monoisotopic (exact) mass is 298 g/mol. The van der Waals surface area contributed by atoms with Crippen LogP contribution in [-0.4, -0.2) is 16.9 Å². The van der Waals surface area contributed by atoms with Crippen LogP contribution in [0.3, 0.4) is 0 Å². The molecule has 2 rings (SSSR count). The Labute approximate surface area is 106 Å². The number of nitrogens with one attached hydrogen (secondary N) is 1. The molecule has 0 atom stereocenters. The Morgan fingerprint density at radius 2 is 2.18 bits per heavy atom. The summed E-state index contributed by atoms with van der Waals surface area (Å²) >= 11 is 3.23. The minimum absolute atomic E-state index is 0.0769. The van der Waals surface area contributed by atoms with Gasteiger partial charge in [0.25, 0.3) is 11.6 Å². The minimum atomic E-state index is -0.507. The van der Waals surface area contributed by atoms with E-state index in [0.29, 0.717) is 10.0 Å². The average Bonchev–Trinajstić information content (AvgIpc) is 2.23. The van der Waals surface area contributed by atoms with Crippen molar-refractivity contribution in [3.8, 4) is 0 Å². The maximum absolute atomic E-state index is 11.9. The topological polar surface area (TPSA) is 72.2 Å². The van der Waals surface area contributed by atoms with Crippen LogP contribution in [0.5, 0.6) is 0 Å². The number of nitro benzene ring substituents is 1. The van der Waals surface area contributed by atoms with Crippen LogP contribution in [0.1, 0.15) is 29.6 Å². The van der Waals surface area contributed by atoms with Crippen molar-refractivity contribution in [2.45, 2.75) is 25.3 Å². The molecule has 1 aliphatic rings. The van der Waals surface area contributed by atoms with Crippen LogP contribution in [0.25, 0.3) is 0 Å². The van der Waals surface area contributed by atoms with E-state index in [-0.39, 0.29) is 17.6 Å². The van der Waals surface area contributed by atoms with Gasteiger partial charge in [0.15, 0.2) is 0 Å². The zero-order chi connectivity index (χ0) is 12.4. The Morgan fingerprint density at radius 1 is 1.47 bits per heavy atom. The third-order valence-corrected chi connectivity index (χ3v) is 3.54. The van der Waals surface area contributed by atoms with Gasteiger partial charge in [-0.25, -0.2) is 0 Å². The highest BCUT2D eigenvalue weighted by molar-refractivity contribution is 9.10. The predicted molar refractivity (Wildman–Crippen MR) is 65.9 cm³/mol. The van der Waals surface area contributed by atoms with E-state index in [2.05, 4.69) is 21.2 Å². The SMILES string of the molecule is O=C(NC1CCC1)c1cc([N+](=O)[O-])ccc1Br. The lowest BCUT2D eigenvalue weighted by atomic mass is 9.93. The smallest absolute Gasteiger partial charge is 0.270 e. The lowest BCUT2D eigenvalue weighted by Crippen LogP contribution is -2.39. The fourth-order valence-corrected chi connectivity index (χ4v) is 2.04. The average molecular weight is 299 g/mol. The third-order valence-electron chi connectivity index (χ3n) is 2.85. The van der Waals surface area contributed by atoms with Crippen molar-refractivity contribution >= 4 is 27.5 Å². The lowest BCUT2D eigenvalue weighted by molar-refractivity contribution is -0.384. The minimum Gasteiger partial charge on any atom is -0.349 e. The van der Waals surface area contributed by atoms with E-state index in [9.17, 15) is 14.9 Å². The van der Waals surface area contributed by atoms with Crippen LogP contribution in [0.2, 0.25) is 0 Å². The number of halogens is 1. The van der Waals surface area contributed by atoms with E-state index in [1.165, 1.54) is 18.2 Å². The van der Waals surface area contributed by atoms with Gasteiger partial charge in [0.2, 0.25) is 0 Å². The van der Waals surface area contributed by atoms with Gasteiger partial charge in [-0.1, -0.05) is 0 Å². The second-order valence-electron chi connectivity index (χ2n) is 4.02. The molecule has 1 N–H and O–H groups in total. The van der Waals surface area contributed by atoms with E-state index in [1.807, 2.05) is 0 Å². The van der Waals surface area contributed by atoms with Crippen molar-refractivity contribution < 1.29 is 9.72 Å². The molecule has 6 heteroatoms. The molecule has 0 aliphatic heterocycles. The second-order valence-corrected chi connectivity index (χ2v) is 4.88. The van der Waals surface area contributed by atoms with Gasteiger partial charge in [-0.05, 0) is 41.3 Å². The number of hydrogen-bond donors (Lipinski definition) is 1. The molecule has 1 aromatic rings. The van der Waals surface area contributed by atoms with E-state index in [1.54, 1.807) is 0 Å². The number of carbonyl (C=O) groups excluding carboxylic acids is 1. The predicted octanol–water partition coefficient (Wildman–Crippen LogP) is 2.64. The highest BCUT2D eigenvalue weighted by Crippen LogP contribution is 2.24. The molecule has 0 bridgehead atoms. The number of non-ortho nitro benzene ring substituents is 1. The molecule has 90 valence electrons. The maximum atomic E-state index is 11.9. The second kappa shape index (κ2) is 4.83. The van der Waals surface area contributed by atoms with Crippen LogP contribution in [-0.2, 0) is 0 Å². The molecular weight excluding hydrogens is 288 g/mol. The van der Waals surface area contributed by atoms with Crippen LogP contribution in [0.4, 0.5) is 5.69 Å². The van der Waals surface area contributed by atoms with Crippen molar-refractivity contribution in [2.75, 3.05) is 0 Å². The first kappa shape index (κ1) is 12.0. The number of carbonyl (C=O) groups is 1. The van der Waals surface area contributed by atoms with Gasteiger partial charge in [0, 0.05) is 22.6 Å². The van der Waals surface area contributed by atoms with Crippen molar-refractivity contribution in [3.05, 3.63) is 38.3 Å². The lowest BCUT2D eigenvalue weighted by Gasteiger charge is -2.26. The number of nitro groups is 1. The largest absolute Gasteiger partial charge is 0.349 e. The molecule has 5 nitrogen and oxygen atoms in total. The molecule has 0 spiro atoms. The molecule has 1 amide bonds. The summed E-state index contributed by atoms with van der Waals surface area (Å²) in [6.45, 7) is 0. The van der Waals surface area contributed by atoms with E-state index in [0.717, 1.165) is 19.3 Å². The van der Waals surface area contributed by atoms with Gasteiger partial charge < -0.3 is 5.32 Å². The summed E-state index contributed by atoms with van der Waals surface area (Å²) in [5.41, 5.74) is 0.234. The standard InChI is InChI=1S/C11H11BrN2O3/c12-10-5-4-8(14(16)17)6-9(10)11(15)13-7-2-1-3-7/h4-7H,1-3H2,(H,13,15). The van der Waals surface area contributed by atoms with Crippen molar-refractivity contribution in [3.63, 3.8) is 0 Å². The van der Waals surface area contributed by atoms with Crippen LogP contribution >= 0.6 is 15.9 Å². The van der Waals surface area contributed by atoms with Crippen LogP contribution < -0.4 is 5.32 Å². The summed E-state index contributed by atoms with van der Waals surface area (Å²) < 4.78 is 0.569.